The number of amides is 1. The van der Waals surface area contributed by atoms with Gasteiger partial charge in [0.1, 0.15) is 5.75 Å². The van der Waals surface area contributed by atoms with Crippen molar-refractivity contribution in [2.24, 2.45) is 0 Å². The number of carbonyl (C=O) groups excluding carboxylic acids is 1. The van der Waals surface area contributed by atoms with E-state index in [0.717, 1.165) is 24.3 Å². The summed E-state index contributed by atoms with van der Waals surface area (Å²) in [6, 6.07) is 19.0. The third-order valence-electron chi connectivity index (χ3n) is 5.91. The van der Waals surface area contributed by atoms with E-state index in [4.69, 9.17) is 21.1 Å². The molecule has 0 saturated carbocycles. The number of sulfonamides is 1. The fraction of sp³-hybridized carbons (Fsp3) is 0.240. The zero-order valence-corrected chi connectivity index (χ0v) is 20.4. The SMILES string of the molecule is O=C1COc2ccc(S(=O)(=O)N(Cc3ccc(Cl)cc3)c3cccc(N4CCOCC4)c3)cc2N1. The highest BCUT2D eigenvalue weighted by Gasteiger charge is 2.28. The molecular formula is C25H24ClN3O5S. The number of anilines is 3. The zero-order chi connectivity index (χ0) is 24.4. The zero-order valence-electron chi connectivity index (χ0n) is 18.8. The van der Waals surface area contributed by atoms with Gasteiger partial charge in [0.05, 0.1) is 36.0 Å². The topological polar surface area (TPSA) is 88.2 Å². The highest BCUT2D eigenvalue weighted by atomic mass is 35.5. The molecule has 5 rings (SSSR count). The van der Waals surface area contributed by atoms with E-state index in [9.17, 15) is 13.2 Å². The van der Waals surface area contributed by atoms with Crippen LogP contribution < -0.4 is 19.3 Å². The first-order chi connectivity index (χ1) is 16.9. The molecule has 1 saturated heterocycles. The summed E-state index contributed by atoms with van der Waals surface area (Å²) in [7, 11) is -4.01. The molecule has 0 aromatic heterocycles. The number of nitrogens with one attached hydrogen (secondary N) is 1. The molecule has 0 bridgehead atoms. The Balaban J connectivity index is 1.55. The molecule has 10 heteroatoms. The van der Waals surface area contributed by atoms with E-state index in [1.807, 2.05) is 18.2 Å². The Hall–Kier alpha value is -3.27. The van der Waals surface area contributed by atoms with Crippen molar-refractivity contribution in [2.75, 3.05) is 47.4 Å². The van der Waals surface area contributed by atoms with E-state index in [1.165, 1.54) is 16.4 Å². The predicted molar refractivity (Wildman–Crippen MR) is 135 cm³/mol. The summed E-state index contributed by atoms with van der Waals surface area (Å²) in [6.07, 6.45) is 0. The van der Waals surface area contributed by atoms with Crippen LogP contribution in [0.15, 0.2) is 71.6 Å². The van der Waals surface area contributed by atoms with Crippen molar-refractivity contribution in [3.05, 3.63) is 77.3 Å². The van der Waals surface area contributed by atoms with Crippen molar-refractivity contribution in [2.45, 2.75) is 11.4 Å². The molecule has 2 heterocycles. The van der Waals surface area contributed by atoms with E-state index < -0.39 is 10.0 Å². The van der Waals surface area contributed by atoms with Gasteiger partial charge in [-0.3, -0.25) is 9.10 Å². The van der Waals surface area contributed by atoms with Gasteiger partial charge in [-0.05, 0) is 54.1 Å². The molecule has 0 aliphatic carbocycles. The molecule has 0 radical (unpaired) electrons. The Bertz CT molecular complexity index is 1340. The fourth-order valence-corrected chi connectivity index (χ4v) is 5.68. The lowest BCUT2D eigenvalue weighted by Crippen LogP contribution is -2.36. The third-order valence-corrected chi connectivity index (χ3v) is 7.93. The lowest BCUT2D eigenvalue weighted by molar-refractivity contribution is -0.118. The minimum atomic E-state index is -4.01. The van der Waals surface area contributed by atoms with Crippen molar-refractivity contribution in [1.29, 1.82) is 0 Å². The molecule has 0 spiro atoms. The first kappa shape index (κ1) is 23.5. The number of morpholine rings is 1. The molecule has 182 valence electrons. The summed E-state index contributed by atoms with van der Waals surface area (Å²) >= 11 is 6.04. The molecule has 2 aliphatic rings. The Morgan fingerprint density at radius 2 is 1.77 bits per heavy atom. The van der Waals surface area contributed by atoms with Crippen LogP contribution in [-0.2, 0) is 26.1 Å². The van der Waals surface area contributed by atoms with Crippen molar-refractivity contribution >= 4 is 44.6 Å². The Morgan fingerprint density at radius 1 is 1.00 bits per heavy atom. The van der Waals surface area contributed by atoms with Crippen LogP contribution in [-0.4, -0.2) is 47.2 Å². The quantitative estimate of drug-likeness (QED) is 0.538. The Labute approximate surface area is 209 Å². The maximum Gasteiger partial charge on any atom is 0.264 e. The molecule has 35 heavy (non-hydrogen) atoms. The first-order valence-electron chi connectivity index (χ1n) is 11.2. The van der Waals surface area contributed by atoms with Crippen molar-refractivity contribution in [1.82, 2.24) is 0 Å². The largest absolute Gasteiger partial charge is 0.482 e. The standard InChI is InChI=1S/C25H24ClN3O5S/c26-19-6-4-18(5-7-19)16-29(21-3-1-2-20(14-21)28-10-12-33-13-11-28)35(31,32)22-8-9-24-23(15-22)27-25(30)17-34-24/h1-9,14-15H,10-13,16-17H2,(H,27,30). The van der Waals surface area contributed by atoms with E-state index in [-0.39, 0.29) is 24.0 Å². The third kappa shape index (κ3) is 5.07. The summed E-state index contributed by atoms with van der Waals surface area (Å²) in [5, 5.41) is 3.25. The molecule has 3 aromatic carbocycles. The van der Waals surface area contributed by atoms with E-state index in [1.54, 1.807) is 36.4 Å². The number of rotatable bonds is 6. The summed E-state index contributed by atoms with van der Waals surface area (Å²) < 4.78 is 40.2. The van der Waals surface area contributed by atoms with Gasteiger partial charge >= 0.3 is 0 Å². The molecule has 0 unspecified atom stereocenters. The average molecular weight is 514 g/mol. The monoisotopic (exact) mass is 513 g/mol. The van der Waals surface area contributed by atoms with Gasteiger partial charge in [-0.1, -0.05) is 29.8 Å². The lowest BCUT2D eigenvalue weighted by atomic mass is 10.2. The second kappa shape index (κ2) is 9.77. The number of hydrogen-bond donors (Lipinski definition) is 1. The van der Waals surface area contributed by atoms with Crippen molar-refractivity contribution in [3.63, 3.8) is 0 Å². The molecule has 0 atom stereocenters. The van der Waals surface area contributed by atoms with Gasteiger partial charge in [0, 0.05) is 23.8 Å². The van der Waals surface area contributed by atoms with Gasteiger partial charge in [0.15, 0.2) is 6.61 Å². The second-order valence-electron chi connectivity index (χ2n) is 8.25. The van der Waals surface area contributed by atoms with Crippen LogP contribution in [0, 0.1) is 0 Å². The molecule has 8 nitrogen and oxygen atoms in total. The van der Waals surface area contributed by atoms with Crippen molar-refractivity contribution in [3.8, 4) is 5.75 Å². The number of fused-ring (bicyclic) bond motifs is 1. The second-order valence-corrected chi connectivity index (χ2v) is 10.6. The van der Waals surface area contributed by atoms with Gasteiger partial charge in [-0.15, -0.1) is 0 Å². The molecule has 2 aliphatic heterocycles. The average Bonchev–Trinajstić information content (AvgIpc) is 2.88. The minimum Gasteiger partial charge on any atom is -0.482 e. The number of ether oxygens (including phenoxy) is 2. The van der Waals surface area contributed by atoms with E-state index in [2.05, 4.69) is 10.2 Å². The molecule has 1 amide bonds. The molecule has 1 fully saturated rings. The van der Waals surface area contributed by atoms with Gasteiger partial charge in [-0.25, -0.2) is 8.42 Å². The first-order valence-corrected chi connectivity index (χ1v) is 13.0. The highest BCUT2D eigenvalue weighted by Crippen LogP contribution is 2.34. The van der Waals surface area contributed by atoms with Crippen molar-refractivity contribution < 1.29 is 22.7 Å². The summed E-state index contributed by atoms with van der Waals surface area (Å²) in [4.78, 5) is 14.0. The Kier molecular flexibility index (Phi) is 6.55. The lowest BCUT2D eigenvalue weighted by Gasteiger charge is -2.31. The van der Waals surface area contributed by atoms with E-state index in [0.29, 0.717) is 35.4 Å². The van der Waals surface area contributed by atoms with Crippen LogP contribution in [0.5, 0.6) is 5.75 Å². The molecule has 1 N–H and O–H groups in total. The number of hydrogen-bond acceptors (Lipinski definition) is 6. The van der Waals surface area contributed by atoms with Gasteiger partial charge in [-0.2, -0.15) is 0 Å². The van der Waals surface area contributed by atoms with Crippen LogP contribution in [0.2, 0.25) is 5.02 Å². The number of benzene rings is 3. The van der Waals surface area contributed by atoms with Crippen LogP contribution in [0.3, 0.4) is 0 Å². The number of carbonyl (C=O) groups is 1. The fourth-order valence-electron chi connectivity index (χ4n) is 4.09. The van der Waals surface area contributed by atoms with Crippen LogP contribution >= 0.6 is 11.6 Å². The number of halogens is 1. The maximum atomic E-state index is 14.0. The number of nitrogens with zero attached hydrogens (tertiary/aromatic N) is 2. The summed E-state index contributed by atoms with van der Waals surface area (Å²) in [6.45, 7) is 2.72. The maximum absolute atomic E-state index is 14.0. The normalized spacial score (nSPS) is 15.7. The molecular weight excluding hydrogens is 490 g/mol. The van der Waals surface area contributed by atoms with Gasteiger partial charge in [0.2, 0.25) is 0 Å². The van der Waals surface area contributed by atoms with Crippen LogP contribution in [0.25, 0.3) is 0 Å². The minimum absolute atomic E-state index is 0.0489. The summed E-state index contributed by atoms with van der Waals surface area (Å²) in [5.41, 5.74) is 2.57. The Morgan fingerprint density at radius 3 is 2.54 bits per heavy atom. The van der Waals surface area contributed by atoms with Gasteiger partial charge in [0.25, 0.3) is 15.9 Å². The highest BCUT2D eigenvalue weighted by molar-refractivity contribution is 7.92. The van der Waals surface area contributed by atoms with Crippen LogP contribution in [0.4, 0.5) is 17.1 Å². The predicted octanol–water partition coefficient (Wildman–Crippen LogP) is 3.90. The van der Waals surface area contributed by atoms with Crippen LogP contribution in [0.1, 0.15) is 5.56 Å². The summed E-state index contributed by atoms with van der Waals surface area (Å²) in [5.74, 6) is 0.102. The van der Waals surface area contributed by atoms with E-state index >= 15 is 0 Å². The van der Waals surface area contributed by atoms with Gasteiger partial charge < -0.3 is 19.7 Å². The molecule has 3 aromatic rings. The smallest absolute Gasteiger partial charge is 0.264 e.